The molecule has 15 rings (SSSR count). The lowest BCUT2D eigenvalue weighted by molar-refractivity contribution is 1.04. The number of allylic oxidation sites excluding steroid dienone is 4. The Morgan fingerprint density at radius 2 is 0.553 bits per heavy atom. The Bertz CT molecular complexity index is 4590. The molecule has 0 N–H and O–H groups in total. The van der Waals surface area contributed by atoms with Crippen molar-refractivity contribution < 1.29 is 0 Å². The zero-order valence-corrected chi connectivity index (χ0v) is 46.7. The molecule has 0 unspecified atom stereocenters. The molecule has 0 saturated heterocycles. The van der Waals surface area contributed by atoms with E-state index in [1.54, 1.807) is 0 Å². The van der Waals surface area contributed by atoms with Gasteiger partial charge in [-0.3, -0.25) is 0 Å². The van der Waals surface area contributed by atoms with Crippen molar-refractivity contribution >= 4 is 27.4 Å². The zero-order valence-electron chi connectivity index (χ0n) is 46.7. The highest BCUT2D eigenvalue weighted by Gasteiger charge is 2.27. The predicted molar refractivity (Wildman–Crippen MR) is 355 cm³/mol. The van der Waals surface area contributed by atoms with E-state index in [1.165, 1.54) is 22.3 Å². The van der Waals surface area contributed by atoms with Gasteiger partial charge in [-0.25, -0.2) is 15.0 Å². The summed E-state index contributed by atoms with van der Waals surface area (Å²) in [7, 11) is 0. The van der Waals surface area contributed by atoms with Gasteiger partial charge in [-0.1, -0.05) is 279 Å². The van der Waals surface area contributed by atoms with E-state index >= 15 is 0 Å². The van der Waals surface area contributed by atoms with E-state index in [4.69, 9.17) is 15.0 Å². The first kappa shape index (κ1) is 50.9. The molecule has 12 aromatic carbocycles. The van der Waals surface area contributed by atoms with E-state index < -0.39 is 0 Å². The zero-order chi connectivity index (χ0) is 56.5. The largest absolute Gasteiger partial charge is 0.308 e. The highest BCUT2D eigenvalue weighted by atomic mass is 15.0. The summed E-state index contributed by atoms with van der Waals surface area (Å²) in [5, 5.41) is 2.30. The summed E-state index contributed by atoms with van der Waals surface area (Å²) in [6.07, 6.45) is 8.98. The first-order valence-corrected chi connectivity index (χ1v) is 29.2. The summed E-state index contributed by atoms with van der Waals surface area (Å²) in [5.74, 6) is 1.79. The maximum absolute atomic E-state index is 5.41. The van der Waals surface area contributed by atoms with Gasteiger partial charge in [-0.15, -0.1) is 0 Å². The standard InChI is InChI=1S/C81H56N4/c1-9-25-55(26-10-1)57-41-45-63(46-42-57)72-49-67(81-83-79(65-37-21-7-22-38-65)82-80(84-81)66-39-23-8-24-40-66)50-73(64-47-43-58(44-48-64)56-27-11-2-12-28-56)78(72)85-76-53-70(61-33-17-5-18-34-61)68(59-29-13-3-14-30-59)51-74(76)75-52-69(60-31-15-4-16-32-60)71(54-77(75)85)62-35-19-6-20-36-62/h1,3-11,13-54H,2,12H2. The van der Waals surface area contributed by atoms with Gasteiger partial charge in [0.15, 0.2) is 17.5 Å². The topological polar surface area (TPSA) is 43.6 Å². The van der Waals surface area contributed by atoms with Crippen LogP contribution in [0.5, 0.6) is 0 Å². The van der Waals surface area contributed by atoms with Gasteiger partial charge in [0.1, 0.15) is 0 Å². The number of hydrogen-bond donors (Lipinski definition) is 0. The molecule has 0 spiro atoms. The third-order valence-corrected chi connectivity index (χ3v) is 16.5. The van der Waals surface area contributed by atoms with Gasteiger partial charge < -0.3 is 4.57 Å². The van der Waals surface area contributed by atoms with Crippen LogP contribution >= 0.6 is 0 Å². The van der Waals surface area contributed by atoms with Gasteiger partial charge in [-0.2, -0.15) is 0 Å². The van der Waals surface area contributed by atoms with Crippen molar-refractivity contribution in [3.63, 3.8) is 0 Å². The Labute approximate surface area is 495 Å². The molecular formula is C81H56N4. The van der Waals surface area contributed by atoms with Crippen LogP contribution in [0.25, 0.3) is 145 Å². The Balaban J connectivity index is 1.11. The number of rotatable bonds is 12. The number of benzene rings is 12. The van der Waals surface area contributed by atoms with Gasteiger partial charge in [0.25, 0.3) is 0 Å². The maximum Gasteiger partial charge on any atom is 0.164 e. The molecule has 1 aliphatic rings. The summed E-state index contributed by atoms with van der Waals surface area (Å²) in [6.45, 7) is 0. The molecule has 14 aromatic rings. The second kappa shape index (κ2) is 22.4. The molecule has 0 bridgehead atoms. The minimum atomic E-state index is 0.580. The van der Waals surface area contributed by atoms with Crippen LogP contribution in [-0.2, 0) is 0 Å². The molecule has 400 valence electrons. The van der Waals surface area contributed by atoms with Crippen molar-refractivity contribution in [1.29, 1.82) is 0 Å². The molecular weight excluding hydrogens is 1030 g/mol. The van der Waals surface area contributed by atoms with Gasteiger partial charge in [0, 0.05) is 38.6 Å². The second-order valence-corrected chi connectivity index (χ2v) is 21.7. The Hall–Kier alpha value is -11.1. The average Bonchev–Trinajstić information content (AvgIpc) is 2.42. The fourth-order valence-corrected chi connectivity index (χ4v) is 12.3. The quantitative estimate of drug-likeness (QED) is 0.122. The van der Waals surface area contributed by atoms with Crippen LogP contribution < -0.4 is 0 Å². The fourth-order valence-electron chi connectivity index (χ4n) is 12.3. The van der Waals surface area contributed by atoms with Crippen molar-refractivity contribution in [2.45, 2.75) is 12.8 Å². The molecule has 0 saturated carbocycles. The van der Waals surface area contributed by atoms with Crippen molar-refractivity contribution in [2.75, 3.05) is 0 Å². The molecule has 0 aliphatic heterocycles. The Kier molecular flexibility index (Phi) is 13.4. The third-order valence-electron chi connectivity index (χ3n) is 16.5. The van der Waals surface area contributed by atoms with Crippen LogP contribution in [0.2, 0.25) is 0 Å². The van der Waals surface area contributed by atoms with Crippen molar-refractivity contribution in [2.24, 2.45) is 0 Å². The average molecular weight is 1090 g/mol. The number of fused-ring (bicyclic) bond motifs is 3. The van der Waals surface area contributed by atoms with Gasteiger partial charge in [-0.05, 0) is 127 Å². The smallest absolute Gasteiger partial charge is 0.164 e. The lowest BCUT2D eigenvalue weighted by atomic mass is 9.90. The van der Waals surface area contributed by atoms with Gasteiger partial charge in [0.2, 0.25) is 0 Å². The SMILES string of the molecule is C1=CC(c2ccc(-c3cc(-c4nc(-c5ccccc5)nc(-c5ccccc5)n4)cc(-c4ccc(-c5ccccc5)cc4)c3-n3c4cc(-c5ccccc5)c(-c5ccccc5)cc4c4cc(-c5ccccc5)c(-c5ccccc5)cc43)cc2)=CCC1. The van der Waals surface area contributed by atoms with Crippen molar-refractivity contribution in [3.8, 4) is 118 Å². The molecule has 2 heterocycles. The van der Waals surface area contributed by atoms with E-state index in [-0.39, 0.29) is 0 Å². The highest BCUT2D eigenvalue weighted by Crippen LogP contribution is 2.49. The van der Waals surface area contributed by atoms with Crippen LogP contribution in [0.1, 0.15) is 18.4 Å². The van der Waals surface area contributed by atoms with Crippen LogP contribution in [0.4, 0.5) is 0 Å². The first-order chi connectivity index (χ1) is 42.1. The van der Waals surface area contributed by atoms with E-state index in [1.807, 2.05) is 36.4 Å². The second-order valence-electron chi connectivity index (χ2n) is 21.7. The fraction of sp³-hybridized carbons (Fsp3) is 0.0247. The summed E-state index contributed by atoms with van der Waals surface area (Å²) >= 11 is 0. The molecule has 4 nitrogen and oxygen atoms in total. The van der Waals surface area contributed by atoms with Crippen molar-refractivity contribution in [3.05, 3.63) is 321 Å². The van der Waals surface area contributed by atoms with E-state index in [0.717, 1.165) is 124 Å². The predicted octanol–water partition coefficient (Wildman–Crippen LogP) is 21.4. The van der Waals surface area contributed by atoms with Gasteiger partial charge in [0.05, 0.1) is 16.7 Å². The summed E-state index contributed by atoms with van der Waals surface area (Å²) in [4.78, 5) is 16.0. The van der Waals surface area contributed by atoms with Crippen LogP contribution in [0.15, 0.2) is 315 Å². The number of aromatic nitrogens is 4. The molecule has 0 fully saturated rings. The summed E-state index contributed by atoms with van der Waals surface area (Å²) < 4.78 is 2.57. The first-order valence-electron chi connectivity index (χ1n) is 29.2. The minimum Gasteiger partial charge on any atom is -0.308 e. The van der Waals surface area contributed by atoms with E-state index in [9.17, 15) is 0 Å². The Morgan fingerprint density at radius 3 is 0.929 bits per heavy atom. The lowest BCUT2D eigenvalue weighted by Crippen LogP contribution is -2.04. The highest BCUT2D eigenvalue weighted by molar-refractivity contribution is 6.16. The van der Waals surface area contributed by atoms with Crippen molar-refractivity contribution in [1.82, 2.24) is 19.5 Å². The molecule has 0 atom stereocenters. The normalized spacial score (nSPS) is 12.2. The lowest BCUT2D eigenvalue weighted by Gasteiger charge is -2.22. The monoisotopic (exact) mass is 1080 g/mol. The molecule has 85 heavy (non-hydrogen) atoms. The summed E-state index contributed by atoms with van der Waals surface area (Å²) in [6, 6.07) is 107. The maximum atomic E-state index is 5.41. The molecule has 4 heteroatoms. The molecule has 2 aromatic heterocycles. The molecule has 1 aliphatic carbocycles. The van der Waals surface area contributed by atoms with Crippen LogP contribution in [0, 0.1) is 0 Å². The summed E-state index contributed by atoms with van der Waals surface area (Å²) in [5.41, 5.74) is 24.0. The van der Waals surface area contributed by atoms with Crippen LogP contribution in [-0.4, -0.2) is 19.5 Å². The molecule has 0 amide bonds. The number of hydrogen-bond acceptors (Lipinski definition) is 3. The molecule has 0 radical (unpaired) electrons. The number of nitrogens with zero attached hydrogens (tertiary/aromatic N) is 4. The van der Waals surface area contributed by atoms with E-state index in [2.05, 4.69) is 284 Å². The van der Waals surface area contributed by atoms with E-state index in [0.29, 0.717) is 17.5 Å². The van der Waals surface area contributed by atoms with Crippen LogP contribution in [0.3, 0.4) is 0 Å². The van der Waals surface area contributed by atoms with Gasteiger partial charge >= 0.3 is 0 Å². The minimum absolute atomic E-state index is 0.580. The third kappa shape index (κ3) is 9.86. The Morgan fingerprint density at radius 1 is 0.247 bits per heavy atom.